The van der Waals surface area contributed by atoms with E-state index in [1.807, 2.05) is 6.92 Å². The summed E-state index contributed by atoms with van der Waals surface area (Å²) in [6.07, 6.45) is 3.27. The van der Waals surface area contributed by atoms with Crippen LogP contribution in [0.4, 0.5) is 5.69 Å². The SMILES string of the molecule is CC(NC(=O)c1ccc([N+](=O)[O-])cc1Cl)c1ccncc1. The second kappa shape index (κ2) is 6.32. The largest absolute Gasteiger partial charge is 0.345 e. The number of rotatable bonds is 4. The minimum absolute atomic E-state index is 0.0450. The summed E-state index contributed by atoms with van der Waals surface area (Å²) in [5.41, 5.74) is 0.943. The van der Waals surface area contributed by atoms with Crippen molar-refractivity contribution >= 4 is 23.2 Å². The molecule has 0 aliphatic rings. The van der Waals surface area contributed by atoms with Gasteiger partial charge in [0.05, 0.1) is 21.6 Å². The molecule has 1 unspecified atom stereocenters. The van der Waals surface area contributed by atoms with E-state index >= 15 is 0 Å². The van der Waals surface area contributed by atoms with Crippen LogP contribution in [-0.2, 0) is 0 Å². The zero-order valence-corrected chi connectivity index (χ0v) is 11.9. The molecule has 1 heterocycles. The number of hydrogen-bond acceptors (Lipinski definition) is 4. The monoisotopic (exact) mass is 305 g/mol. The molecule has 7 heteroatoms. The first kappa shape index (κ1) is 14.9. The Balaban J connectivity index is 2.15. The minimum atomic E-state index is -0.562. The van der Waals surface area contributed by atoms with E-state index in [1.165, 1.54) is 12.1 Å². The highest BCUT2D eigenvalue weighted by Crippen LogP contribution is 2.23. The lowest BCUT2D eigenvalue weighted by Gasteiger charge is -2.14. The highest BCUT2D eigenvalue weighted by Gasteiger charge is 2.17. The number of carbonyl (C=O) groups excluding carboxylic acids is 1. The van der Waals surface area contributed by atoms with Gasteiger partial charge in [-0.1, -0.05) is 11.6 Å². The van der Waals surface area contributed by atoms with Gasteiger partial charge < -0.3 is 5.32 Å². The minimum Gasteiger partial charge on any atom is -0.345 e. The lowest BCUT2D eigenvalue weighted by Crippen LogP contribution is -2.26. The fourth-order valence-corrected chi connectivity index (χ4v) is 2.07. The third-order valence-corrected chi connectivity index (χ3v) is 3.27. The van der Waals surface area contributed by atoms with Crippen molar-refractivity contribution in [2.24, 2.45) is 0 Å². The highest BCUT2D eigenvalue weighted by molar-refractivity contribution is 6.34. The quantitative estimate of drug-likeness (QED) is 0.694. The molecule has 1 aromatic heterocycles. The second-order valence-electron chi connectivity index (χ2n) is 4.40. The van der Waals surface area contributed by atoms with Crippen LogP contribution in [0.5, 0.6) is 0 Å². The molecule has 6 nitrogen and oxygen atoms in total. The summed E-state index contributed by atoms with van der Waals surface area (Å²) < 4.78 is 0. The Morgan fingerprint density at radius 3 is 2.57 bits per heavy atom. The van der Waals surface area contributed by atoms with E-state index in [4.69, 9.17) is 11.6 Å². The van der Waals surface area contributed by atoms with Crippen molar-refractivity contribution in [3.05, 3.63) is 69.0 Å². The Morgan fingerprint density at radius 2 is 2.00 bits per heavy atom. The van der Waals surface area contributed by atoms with Crippen molar-refractivity contribution < 1.29 is 9.72 Å². The third-order valence-electron chi connectivity index (χ3n) is 2.96. The Morgan fingerprint density at radius 1 is 1.33 bits per heavy atom. The van der Waals surface area contributed by atoms with Crippen LogP contribution >= 0.6 is 11.6 Å². The average molecular weight is 306 g/mol. The van der Waals surface area contributed by atoms with Crippen LogP contribution in [-0.4, -0.2) is 15.8 Å². The van der Waals surface area contributed by atoms with E-state index in [1.54, 1.807) is 24.5 Å². The summed E-state index contributed by atoms with van der Waals surface area (Å²) in [6, 6.07) is 7.11. The molecule has 1 N–H and O–H groups in total. The molecule has 0 radical (unpaired) electrons. The van der Waals surface area contributed by atoms with Gasteiger partial charge in [-0.15, -0.1) is 0 Å². The number of amides is 1. The molecule has 0 aliphatic heterocycles. The molecule has 2 rings (SSSR count). The molecule has 0 spiro atoms. The number of pyridine rings is 1. The lowest BCUT2D eigenvalue weighted by molar-refractivity contribution is -0.384. The first-order valence-electron chi connectivity index (χ1n) is 6.14. The second-order valence-corrected chi connectivity index (χ2v) is 4.80. The van der Waals surface area contributed by atoms with E-state index in [9.17, 15) is 14.9 Å². The number of non-ortho nitro benzene ring substituents is 1. The smallest absolute Gasteiger partial charge is 0.270 e. The standard InChI is InChI=1S/C14H12ClN3O3/c1-9(10-4-6-16-7-5-10)17-14(19)12-3-2-11(18(20)21)8-13(12)15/h2-9H,1H3,(H,17,19). The van der Waals surface area contributed by atoms with Crippen LogP contribution < -0.4 is 5.32 Å². The molecule has 0 bridgehead atoms. The molecular formula is C14H12ClN3O3. The third kappa shape index (κ3) is 3.55. The van der Waals surface area contributed by atoms with Crippen LogP contribution in [0.3, 0.4) is 0 Å². The maximum Gasteiger partial charge on any atom is 0.270 e. The summed E-state index contributed by atoms with van der Waals surface area (Å²) in [5, 5.41) is 13.5. The number of nitro benzene ring substituents is 1. The van der Waals surface area contributed by atoms with Crippen molar-refractivity contribution in [1.29, 1.82) is 0 Å². The molecule has 2 aromatic rings. The molecule has 21 heavy (non-hydrogen) atoms. The fraction of sp³-hybridized carbons (Fsp3) is 0.143. The van der Waals surface area contributed by atoms with Gasteiger partial charge in [0.25, 0.3) is 11.6 Å². The molecule has 1 amide bonds. The van der Waals surface area contributed by atoms with Gasteiger partial charge in [-0.25, -0.2) is 0 Å². The van der Waals surface area contributed by atoms with Gasteiger partial charge in [0, 0.05) is 24.5 Å². The first-order chi connectivity index (χ1) is 9.99. The van der Waals surface area contributed by atoms with E-state index in [0.29, 0.717) is 0 Å². The number of benzene rings is 1. The predicted octanol–water partition coefficient (Wildman–Crippen LogP) is 3.13. The maximum atomic E-state index is 12.1. The Labute approximate surface area is 125 Å². The first-order valence-corrected chi connectivity index (χ1v) is 6.51. The molecule has 0 aliphatic carbocycles. The summed E-state index contributed by atoms with van der Waals surface area (Å²) in [4.78, 5) is 26.1. The van der Waals surface area contributed by atoms with Crippen molar-refractivity contribution in [3.63, 3.8) is 0 Å². The van der Waals surface area contributed by atoms with Gasteiger partial charge in [-0.3, -0.25) is 19.9 Å². The van der Waals surface area contributed by atoms with Crippen molar-refractivity contribution in [3.8, 4) is 0 Å². The van der Waals surface area contributed by atoms with Gasteiger partial charge in [0.15, 0.2) is 0 Å². The Hall–Kier alpha value is -2.47. The molecular weight excluding hydrogens is 294 g/mol. The van der Waals surface area contributed by atoms with Crippen molar-refractivity contribution in [1.82, 2.24) is 10.3 Å². The number of nitro groups is 1. The van der Waals surface area contributed by atoms with Crippen LogP contribution in [0, 0.1) is 10.1 Å². The molecule has 108 valence electrons. The van der Waals surface area contributed by atoms with E-state index < -0.39 is 4.92 Å². The molecule has 0 saturated heterocycles. The summed E-state index contributed by atoms with van der Waals surface area (Å²) in [7, 11) is 0. The Kier molecular flexibility index (Phi) is 4.49. The van der Waals surface area contributed by atoms with Crippen molar-refractivity contribution in [2.75, 3.05) is 0 Å². The van der Waals surface area contributed by atoms with Crippen molar-refractivity contribution in [2.45, 2.75) is 13.0 Å². The van der Waals surface area contributed by atoms with E-state index in [0.717, 1.165) is 11.6 Å². The number of nitrogens with zero attached hydrogens (tertiary/aromatic N) is 2. The zero-order chi connectivity index (χ0) is 15.4. The molecule has 0 fully saturated rings. The summed E-state index contributed by atoms with van der Waals surface area (Å²) in [5.74, 6) is -0.390. The summed E-state index contributed by atoms with van der Waals surface area (Å²) in [6.45, 7) is 1.83. The number of aromatic nitrogens is 1. The normalized spacial score (nSPS) is 11.7. The average Bonchev–Trinajstić information content (AvgIpc) is 2.47. The number of carbonyl (C=O) groups is 1. The Bertz CT molecular complexity index is 676. The molecule has 1 atom stereocenters. The fourth-order valence-electron chi connectivity index (χ4n) is 1.81. The van der Waals surface area contributed by atoms with Gasteiger partial charge in [0.1, 0.15) is 0 Å². The zero-order valence-electron chi connectivity index (χ0n) is 11.1. The van der Waals surface area contributed by atoms with Crippen LogP contribution in [0.1, 0.15) is 28.9 Å². The van der Waals surface area contributed by atoms with Gasteiger partial charge >= 0.3 is 0 Å². The molecule has 0 saturated carbocycles. The van der Waals surface area contributed by atoms with Gasteiger partial charge in [-0.2, -0.15) is 0 Å². The van der Waals surface area contributed by atoms with Crippen LogP contribution in [0.15, 0.2) is 42.7 Å². The van der Waals surface area contributed by atoms with E-state index in [2.05, 4.69) is 10.3 Å². The predicted molar refractivity (Wildman–Crippen MR) is 78.2 cm³/mol. The number of nitrogens with one attached hydrogen (secondary N) is 1. The molecule has 1 aromatic carbocycles. The van der Waals surface area contributed by atoms with Gasteiger partial charge in [-0.05, 0) is 30.7 Å². The topological polar surface area (TPSA) is 85.1 Å². The lowest BCUT2D eigenvalue weighted by atomic mass is 10.1. The van der Waals surface area contributed by atoms with Crippen LogP contribution in [0.2, 0.25) is 5.02 Å². The number of halogens is 1. The maximum absolute atomic E-state index is 12.1. The van der Waals surface area contributed by atoms with Crippen LogP contribution in [0.25, 0.3) is 0 Å². The van der Waals surface area contributed by atoms with E-state index in [-0.39, 0.29) is 28.2 Å². The summed E-state index contributed by atoms with van der Waals surface area (Å²) >= 11 is 5.92. The number of hydrogen-bond donors (Lipinski definition) is 1. The highest BCUT2D eigenvalue weighted by atomic mass is 35.5. The van der Waals surface area contributed by atoms with Gasteiger partial charge in [0.2, 0.25) is 0 Å².